The normalized spacial score (nSPS) is 20.5. The molecule has 6 nitrogen and oxygen atoms in total. The molecule has 1 fully saturated rings. The van der Waals surface area contributed by atoms with E-state index in [1.165, 1.54) is 6.33 Å². The number of carbonyl (C=O) groups is 1. The zero-order valence-corrected chi connectivity index (χ0v) is 10.0. The van der Waals surface area contributed by atoms with Crippen molar-refractivity contribution in [2.75, 3.05) is 11.4 Å². The van der Waals surface area contributed by atoms with Gasteiger partial charge in [0.1, 0.15) is 11.7 Å². The Morgan fingerprint density at radius 1 is 1.53 bits per heavy atom. The van der Waals surface area contributed by atoms with Crippen LogP contribution in [0.3, 0.4) is 0 Å². The predicted octanol–water partition coefficient (Wildman–Crippen LogP) is 0.961. The SMILES string of the molecule is Cc1noc2ncnc(N3CC(S)CC3=O)c12. The summed E-state index contributed by atoms with van der Waals surface area (Å²) in [5, 5.41) is 4.58. The molecule has 1 unspecified atom stereocenters. The molecule has 1 amide bonds. The molecule has 0 radical (unpaired) electrons. The maximum atomic E-state index is 11.8. The van der Waals surface area contributed by atoms with Crippen molar-refractivity contribution < 1.29 is 9.32 Å². The van der Waals surface area contributed by atoms with E-state index in [0.29, 0.717) is 35.6 Å². The first-order chi connectivity index (χ1) is 8.16. The van der Waals surface area contributed by atoms with Crippen molar-refractivity contribution in [1.29, 1.82) is 0 Å². The van der Waals surface area contributed by atoms with Crippen LogP contribution in [-0.2, 0) is 4.79 Å². The number of aromatic nitrogens is 3. The van der Waals surface area contributed by atoms with Crippen LogP contribution < -0.4 is 4.90 Å². The van der Waals surface area contributed by atoms with Gasteiger partial charge in [0, 0.05) is 18.2 Å². The van der Waals surface area contributed by atoms with E-state index in [9.17, 15) is 4.79 Å². The summed E-state index contributed by atoms with van der Waals surface area (Å²) in [6.45, 7) is 2.36. The predicted molar refractivity (Wildman–Crippen MR) is 64.1 cm³/mol. The second-order valence-corrected chi connectivity index (χ2v) is 4.74. The third-order valence-corrected chi connectivity index (χ3v) is 3.13. The van der Waals surface area contributed by atoms with Gasteiger partial charge < -0.3 is 4.52 Å². The fraction of sp³-hybridized carbons (Fsp3) is 0.400. The molecule has 88 valence electrons. The molecule has 0 bridgehead atoms. The number of amides is 1. The van der Waals surface area contributed by atoms with Gasteiger partial charge in [-0.1, -0.05) is 5.16 Å². The van der Waals surface area contributed by atoms with Gasteiger partial charge in [0.05, 0.1) is 5.69 Å². The van der Waals surface area contributed by atoms with E-state index in [4.69, 9.17) is 4.52 Å². The summed E-state index contributed by atoms with van der Waals surface area (Å²) in [6, 6.07) is 0. The summed E-state index contributed by atoms with van der Waals surface area (Å²) in [4.78, 5) is 21.6. The van der Waals surface area contributed by atoms with E-state index in [-0.39, 0.29) is 11.2 Å². The molecule has 0 saturated carbocycles. The Kier molecular flexibility index (Phi) is 2.29. The number of rotatable bonds is 1. The number of carbonyl (C=O) groups excluding carboxylic acids is 1. The van der Waals surface area contributed by atoms with E-state index in [2.05, 4.69) is 27.8 Å². The molecule has 3 heterocycles. The van der Waals surface area contributed by atoms with Crippen LogP contribution in [0, 0.1) is 6.92 Å². The van der Waals surface area contributed by atoms with Crippen LogP contribution in [0.15, 0.2) is 10.9 Å². The summed E-state index contributed by atoms with van der Waals surface area (Å²) in [5.74, 6) is 0.584. The second kappa shape index (κ2) is 3.69. The average molecular weight is 250 g/mol. The minimum Gasteiger partial charge on any atom is -0.335 e. The Hall–Kier alpha value is -1.63. The van der Waals surface area contributed by atoms with E-state index >= 15 is 0 Å². The number of fused-ring (bicyclic) bond motifs is 1. The standard InChI is InChI=1S/C10H10N4O2S/c1-5-8-9(11-4-12-10(8)16-13-5)14-3-6(17)2-7(14)15/h4,6,17H,2-3H2,1H3. The van der Waals surface area contributed by atoms with Crippen molar-refractivity contribution >= 4 is 35.5 Å². The fourth-order valence-electron chi connectivity index (χ4n) is 2.00. The van der Waals surface area contributed by atoms with Crippen LogP contribution in [-0.4, -0.2) is 32.8 Å². The Labute approximate surface area is 102 Å². The number of anilines is 1. The van der Waals surface area contributed by atoms with Gasteiger partial charge in [-0.2, -0.15) is 17.6 Å². The molecule has 2 aromatic rings. The molecule has 1 aliphatic rings. The Balaban J connectivity index is 2.17. The molecule has 0 aromatic carbocycles. The van der Waals surface area contributed by atoms with Gasteiger partial charge in [-0.05, 0) is 6.92 Å². The third kappa shape index (κ3) is 1.57. The summed E-state index contributed by atoms with van der Waals surface area (Å²) in [7, 11) is 0. The highest BCUT2D eigenvalue weighted by molar-refractivity contribution is 7.81. The maximum absolute atomic E-state index is 11.8. The van der Waals surface area contributed by atoms with Crippen LogP contribution >= 0.6 is 12.6 Å². The smallest absolute Gasteiger partial charge is 0.263 e. The van der Waals surface area contributed by atoms with E-state index in [1.807, 2.05) is 0 Å². The van der Waals surface area contributed by atoms with Gasteiger partial charge >= 0.3 is 0 Å². The van der Waals surface area contributed by atoms with E-state index < -0.39 is 0 Å². The number of hydrogen-bond acceptors (Lipinski definition) is 6. The lowest BCUT2D eigenvalue weighted by atomic mass is 10.3. The van der Waals surface area contributed by atoms with Crippen molar-refractivity contribution in [3.63, 3.8) is 0 Å². The largest absolute Gasteiger partial charge is 0.335 e. The lowest BCUT2D eigenvalue weighted by Crippen LogP contribution is -2.26. The lowest BCUT2D eigenvalue weighted by molar-refractivity contribution is -0.117. The summed E-state index contributed by atoms with van der Waals surface area (Å²) in [5.41, 5.74) is 1.09. The van der Waals surface area contributed by atoms with E-state index in [0.717, 1.165) is 0 Å². The molecular formula is C10H10N4O2S. The van der Waals surface area contributed by atoms with Gasteiger partial charge in [0.25, 0.3) is 5.71 Å². The van der Waals surface area contributed by atoms with Gasteiger partial charge in [-0.3, -0.25) is 9.69 Å². The average Bonchev–Trinajstić information content (AvgIpc) is 2.83. The molecule has 1 saturated heterocycles. The molecule has 0 spiro atoms. The summed E-state index contributed by atoms with van der Waals surface area (Å²) in [6.07, 6.45) is 1.81. The third-order valence-electron chi connectivity index (χ3n) is 2.78. The van der Waals surface area contributed by atoms with Crippen molar-refractivity contribution in [3.05, 3.63) is 12.0 Å². The first-order valence-corrected chi connectivity index (χ1v) is 5.74. The monoisotopic (exact) mass is 250 g/mol. The highest BCUT2D eigenvalue weighted by atomic mass is 32.1. The van der Waals surface area contributed by atoms with Crippen LogP contribution in [0.2, 0.25) is 0 Å². The molecule has 2 aromatic heterocycles. The fourth-order valence-corrected chi connectivity index (χ4v) is 2.32. The minimum absolute atomic E-state index is 0.0191. The highest BCUT2D eigenvalue weighted by Crippen LogP contribution is 2.29. The number of aryl methyl sites for hydroxylation is 1. The van der Waals surface area contributed by atoms with Crippen LogP contribution in [0.5, 0.6) is 0 Å². The van der Waals surface area contributed by atoms with Gasteiger partial charge in [0.15, 0.2) is 5.82 Å². The molecule has 1 atom stereocenters. The van der Waals surface area contributed by atoms with Gasteiger partial charge in [-0.25, -0.2) is 4.98 Å². The Morgan fingerprint density at radius 2 is 2.35 bits per heavy atom. The van der Waals surface area contributed by atoms with Crippen LogP contribution in [0.25, 0.3) is 11.1 Å². The van der Waals surface area contributed by atoms with Crippen molar-refractivity contribution in [1.82, 2.24) is 15.1 Å². The first-order valence-electron chi connectivity index (χ1n) is 5.22. The number of nitrogens with zero attached hydrogens (tertiary/aromatic N) is 4. The molecule has 1 aliphatic heterocycles. The zero-order valence-electron chi connectivity index (χ0n) is 9.12. The van der Waals surface area contributed by atoms with Crippen molar-refractivity contribution in [2.24, 2.45) is 0 Å². The molecule has 0 N–H and O–H groups in total. The first kappa shape index (κ1) is 10.5. The number of hydrogen-bond donors (Lipinski definition) is 1. The summed E-state index contributed by atoms with van der Waals surface area (Å²) < 4.78 is 5.05. The van der Waals surface area contributed by atoms with E-state index in [1.54, 1.807) is 11.8 Å². The zero-order chi connectivity index (χ0) is 12.0. The quantitative estimate of drug-likeness (QED) is 0.763. The van der Waals surface area contributed by atoms with Crippen LogP contribution in [0.1, 0.15) is 12.1 Å². The van der Waals surface area contributed by atoms with Gasteiger partial charge in [0.2, 0.25) is 5.91 Å². The minimum atomic E-state index is 0.0191. The van der Waals surface area contributed by atoms with Crippen molar-refractivity contribution in [2.45, 2.75) is 18.6 Å². The molecule has 17 heavy (non-hydrogen) atoms. The Morgan fingerprint density at radius 3 is 3.06 bits per heavy atom. The highest BCUT2D eigenvalue weighted by Gasteiger charge is 2.31. The molecule has 3 rings (SSSR count). The van der Waals surface area contributed by atoms with Crippen molar-refractivity contribution in [3.8, 4) is 0 Å². The number of thiol groups is 1. The second-order valence-electron chi connectivity index (χ2n) is 4.01. The molecule has 0 aliphatic carbocycles. The topological polar surface area (TPSA) is 72.1 Å². The maximum Gasteiger partial charge on any atom is 0.263 e. The van der Waals surface area contributed by atoms with Gasteiger partial charge in [-0.15, -0.1) is 0 Å². The molecule has 7 heteroatoms. The summed E-state index contributed by atoms with van der Waals surface area (Å²) >= 11 is 4.32. The lowest BCUT2D eigenvalue weighted by Gasteiger charge is -2.14. The van der Waals surface area contributed by atoms with Crippen LogP contribution in [0.4, 0.5) is 5.82 Å². The Bertz CT molecular complexity index is 597. The molecular weight excluding hydrogens is 240 g/mol.